The van der Waals surface area contributed by atoms with Crippen LogP contribution in [-0.2, 0) is 14.3 Å². The molecule has 0 saturated carbocycles. The Morgan fingerprint density at radius 1 is 1.39 bits per heavy atom. The Bertz CT molecular complexity index is 273. The Morgan fingerprint density at radius 3 is 2.67 bits per heavy atom. The van der Waals surface area contributed by atoms with E-state index in [0.29, 0.717) is 19.8 Å². The van der Waals surface area contributed by atoms with E-state index in [1.165, 1.54) is 0 Å². The van der Waals surface area contributed by atoms with Crippen LogP contribution in [0.15, 0.2) is 0 Å². The molecule has 0 aromatic carbocycles. The highest BCUT2D eigenvalue weighted by atomic mass is 16.5. The summed E-state index contributed by atoms with van der Waals surface area (Å²) in [5, 5.41) is 3.36. The fourth-order valence-electron chi connectivity index (χ4n) is 2.22. The van der Waals surface area contributed by atoms with Gasteiger partial charge in [0.05, 0.1) is 24.9 Å². The Hall–Kier alpha value is -0.650. The van der Waals surface area contributed by atoms with Gasteiger partial charge in [-0.15, -0.1) is 0 Å². The van der Waals surface area contributed by atoms with E-state index in [9.17, 15) is 4.79 Å². The van der Waals surface area contributed by atoms with Gasteiger partial charge in [-0.3, -0.25) is 10.1 Å². The van der Waals surface area contributed by atoms with Gasteiger partial charge < -0.3 is 14.4 Å². The highest BCUT2D eigenvalue weighted by molar-refractivity contribution is 5.88. The van der Waals surface area contributed by atoms with Gasteiger partial charge in [0.2, 0.25) is 5.91 Å². The molecule has 1 saturated heterocycles. The Morgan fingerprint density at radius 2 is 2.11 bits per heavy atom. The van der Waals surface area contributed by atoms with Crippen LogP contribution in [0, 0.1) is 0 Å². The van der Waals surface area contributed by atoms with Gasteiger partial charge in [-0.2, -0.15) is 0 Å². The van der Waals surface area contributed by atoms with Crippen LogP contribution in [0.4, 0.5) is 0 Å². The monoisotopic (exact) mass is 258 g/mol. The van der Waals surface area contributed by atoms with E-state index < -0.39 is 5.54 Å². The van der Waals surface area contributed by atoms with E-state index in [0.717, 1.165) is 19.4 Å². The molecule has 1 amide bonds. The first-order valence-electron chi connectivity index (χ1n) is 6.70. The third kappa shape index (κ3) is 3.67. The molecule has 5 nitrogen and oxygen atoms in total. The van der Waals surface area contributed by atoms with Crippen molar-refractivity contribution in [1.29, 1.82) is 0 Å². The van der Waals surface area contributed by atoms with E-state index in [1.807, 2.05) is 25.7 Å². The maximum Gasteiger partial charge on any atom is 0.243 e. The second-order valence-electron chi connectivity index (χ2n) is 4.96. The van der Waals surface area contributed by atoms with Crippen LogP contribution in [-0.4, -0.2) is 56.0 Å². The largest absolute Gasteiger partial charge is 0.382 e. The first-order chi connectivity index (χ1) is 8.55. The molecule has 0 aromatic heterocycles. The minimum absolute atomic E-state index is 0.112. The summed E-state index contributed by atoms with van der Waals surface area (Å²) in [7, 11) is 1.66. The summed E-state index contributed by atoms with van der Waals surface area (Å²) in [6.45, 7) is 8.69. The van der Waals surface area contributed by atoms with E-state index >= 15 is 0 Å². The third-order valence-corrected chi connectivity index (χ3v) is 3.55. The Labute approximate surface area is 110 Å². The summed E-state index contributed by atoms with van der Waals surface area (Å²) >= 11 is 0. The molecule has 1 N–H and O–H groups in total. The van der Waals surface area contributed by atoms with E-state index in [2.05, 4.69) is 5.32 Å². The smallest absolute Gasteiger partial charge is 0.243 e. The summed E-state index contributed by atoms with van der Waals surface area (Å²) < 4.78 is 10.3. The molecule has 1 rings (SSSR count). The van der Waals surface area contributed by atoms with Crippen LogP contribution in [0.5, 0.6) is 0 Å². The number of hydrogen-bond donors (Lipinski definition) is 1. The Kier molecular flexibility index (Phi) is 6.05. The van der Waals surface area contributed by atoms with Crippen molar-refractivity contribution in [3.05, 3.63) is 0 Å². The number of nitrogens with one attached hydrogen (secondary N) is 1. The summed E-state index contributed by atoms with van der Waals surface area (Å²) in [4.78, 5) is 14.1. The van der Waals surface area contributed by atoms with Gasteiger partial charge in [0.25, 0.3) is 0 Å². The summed E-state index contributed by atoms with van der Waals surface area (Å²) in [5.41, 5.74) is -0.393. The van der Waals surface area contributed by atoms with Crippen molar-refractivity contribution in [2.24, 2.45) is 0 Å². The van der Waals surface area contributed by atoms with Crippen molar-refractivity contribution >= 4 is 5.91 Å². The molecule has 0 bridgehead atoms. The standard InChI is InChI=1S/C13H26N2O3/c1-5-13(3)12(16)15(11(2)14-13)7-6-8-18-10-9-17-4/h11,14H,5-10H2,1-4H3. The molecule has 0 radical (unpaired) electrons. The minimum Gasteiger partial charge on any atom is -0.382 e. The van der Waals surface area contributed by atoms with Gasteiger partial charge in [-0.25, -0.2) is 0 Å². The van der Waals surface area contributed by atoms with Crippen molar-refractivity contribution in [1.82, 2.24) is 10.2 Å². The van der Waals surface area contributed by atoms with Gasteiger partial charge in [0.1, 0.15) is 0 Å². The van der Waals surface area contributed by atoms with Crippen molar-refractivity contribution in [2.75, 3.05) is 33.5 Å². The molecule has 106 valence electrons. The molecule has 1 fully saturated rings. The van der Waals surface area contributed by atoms with Crippen molar-refractivity contribution in [3.63, 3.8) is 0 Å². The molecular weight excluding hydrogens is 232 g/mol. The zero-order valence-electron chi connectivity index (χ0n) is 12.0. The molecule has 2 atom stereocenters. The molecule has 1 aliphatic heterocycles. The number of hydrogen-bond acceptors (Lipinski definition) is 4. The SMILES string of the molecule is CCC1(C)NC(C)N(CCCOCCOC)C1=O. The first kappa shape index (κ1) is 15.4. The topological polar surface area (TPSA) is 50.8 Å². The van der Waals surface area contributed by atoms with Crippen molar-refractivity contribution < 1.29 is 14.3 Å². The van der Waals surface area contributed by atoms with Crippen LogP contribution in [0.25, 0.3) is 0 Å². The van der Waals surface area contributed by atoms with Crippen LogP contribution in [0.2, 0.25) is 0 Å². The average molecular weight is 258 g/mol. The molecule has 1 heterocycles. The molecule has 0 spiro atoms. The molecule has 2 unspecified atom stereocenters. The third-order valence-electron chi connectivity index (χ3n) is 3.55. The number of carbonyl (C=O) groups excluding carboxylic acids is 1. The van der Waals surface area contributed by atoms with Gasteiger partial charge in [0, 0.05) is 20.3 Å². The van der Waals surface area contributed by atoms with E-state index in [4.69, 9.17) is 9.47 Å². The first-order valence-corrected chi connectivity index (χ1v) is 6.70. The highest BCUT2D eigenvalue weighted by Crippen LogP contribution is 2.23. The van der Waals surface area contributed by atoms with Crippen LogP contribution < -0.4 is 5.32 Å². The summed E-state index contributed by atoms with van der Waals surface area (Å²) in [6.07, 6.45) is 1.79. The molecule has 18 heavy (non-hydrogen) atoms. The average Bonchev–Trinajstić information content (AvgIpc) is 2.57. The maximum atomic E-state index is 12.2. The lowest BCUT2D eigenvalue weighted by Gasteiger charge is -2.21. The lowest BCUT2D eigenvalue weighted by molar-refractivity contribution is -0.133. The number of ether oxygens (including phenoxy) is 2. The lowest BCUT2D eigenvalue weighted by Crippen LogP contribution is -2.43. The molecule has 0 aliphatic carbocycles. The van der Waals surface area contributed by atoms with Gasteiger partial charge >= 0.3 is 0 Å². The fourth-order valence-corrected chi connectivity index (χ4v) is 2.22. The van der Waals surface area contributed by atoms with Crippen molar-refractivity contribution in [3.8, 4) is 0 Å². The van der Waals surface area contributed by atoms with Crippen LogP contribution in [0.1, 0.15) is 33.6 Å². The van der Waals surface area contributed by atoms with Gasteiger partial charge in [0.15, 0.2) is 0 Å². The molecular formula is C13H26N2O3. The van der Waals surface area contributed by atoms with E-state index in [1.54, 1.807) is 7.11 Å². The molecule has 5 heteroatoms. The Balaban J connectivity index is 2.28. The number of methoxy groups -OCH3 is 1. The lowest BCUT2D eigenvalue weighted by atomic mass is 9.99. The predicted molar refractivity (Wildman–Crippen MR) is 70.3 cm³/mol. The van der Waals surface area contributed by atoms with Gasteiger partial charge in [-0.1, -0.05) is 6.92 Å². The number of carbonyl (C=O) groups is 1. The molecule has 1 aliphatic rings. The summed E-state index contributed by atoms with van der Waals surface area (Å²) in [6, 6.07) is 0. The zero-order chi connectivity index (χ0) is 13.6. The van der Waals surface area contributed by atoms with Crippen LogP contribution in [0.3, 0.4) is 0 Å². The zero-order valence-corrected chi connectivity index (χ0v) is 12.0. The normalized spacial score (nSPS) is 28.1. The molecule has 0 aromatic rings. The minimum atomic E-state index is -0.393. The van der Waals surface area contributed by atoms with Crippen molar-refractivity contribution in [2.45, 2.75) is 45.3 Å². The maximum absolute atomic E-state index is 12.2. The quantitative estimate of drug-likeness (QED) is 0.660. The number of amides is 1. The number of nitrogens with zero attached hydrogens (tertiary/aromatic N) is 1. The predicted octanol–water partition coefficient (Wildman–Crippen LogP) is 0.986. The second-order valence-corrected chi connectivity index (χ2v) is 4.96. The van der Waals surface area contributed by atoms with Crippen LogP contribution >= 0.6 is 0 Å². The highest BCUT2D eigenvalue weighted by Gasteiger charge is 2.44. The number of rotatable bonds is 8. The summed E-state index contributed by atoms with van der Waals surface area (Å²) in [5.74, 6) is 0.203. The van der Waals surface area contributed by atoms with Gasteiger partial charge in [-0.05, 0) is 26.7 Å². The fraction of sp³-hybridized carbons (Fsp3) is 0.923. The van der Waals surface area contributed by atoms with E-state index in [-0.39, 0.29) is 12.1 Å². The second kappa shape index (κ2) is 7.07.